The molecule has 0 aromatic heterocycles. The first-order valence-corrected chi connectivity index (χ1v) is 7.61. The van der Waals surface area contributed by atoms with E-state index in [1.54, 1.807) is 11.8 Å². The van der Waals surface area contributed by atoms with Crippen molar-refractivity contribution in [2.75, 3.05) is 31.4 Å². The summed E-state index contributed by atoms with van der Waals surface area (Å²) < 4.78 is 5.12. The van der Waals surface area contributed by atoms with Crippen LogP contribution in [0.2, 0.25) is 0 Å². The highest BCUT2D eigenvalue weighted by molar-refractivity contribution is 7.99. The fraction of sp³-hybridized carbons (Fsp3) is 0.533. The van der Waals surface area contributed by atoms with Crippen molar-refractivity contribution in [2.24, 2.45) is 0 Å². The molecule has 4 nitrogen and oxygen atoms in total. The van der Waals surface area contributed by atoms with Crippen molar-refractivity contribution in [1.29, 1.82) is 0 Å². The van der Waals surface area contributed by atoms with Crippen molar-refractivity contribution in [1.82, 2.24) is 5.32 Å². The Kier molecular flexibility index (Phi) is 6.20. The van der Waals surface area contributed by atoms with Gasteiger partial charge in [-0.25, -0.2) is 4.79 Å². The summed E-state index contributed by atoms with van der Waals surface area (Å²) >= 11 is 1.68. The van der Waals surface area contributed by atoms with Crippen molar-refractivity contribution in [2.45, 2.75) is 31.2 Å². The molecule has 0 aliphatic rings. The van der Waals surface area contributed by atoms with Crippen molar-refractivity contribution >= 4 is 23.5 Å². The van der Waals surface area contributed by atoms with E-state index in [-0.39, 0.29) is 11.6 Å². The van der Waals surface area contributed by atoms with Gasteiger partial charge in [0.05, 0.1) is 0 Å². The lowest BCUT2D eigenvalue weighted by atomic mass is 10.1. The largest absolute Gasteiger partial charge is 0.449 e. The number of alkyl carbamates (subject to hydrolysis) is 1. The first-order chi connectivity index (χ1) is 9.28. The molecule has 1 amide bonds. The highest BCUT2D eigenvalue weighted by Gasteiger charge is 2.14. The zero-order chi connectivity index (χ0) is 15.2. The van der Waals surface area contributed by atoms with Crippen LogP contribution in [0.1, 0.15) is 20.8 Å². The highest BCUT2D eigenvalue weighted by atomic mass is 32.2. The molecule has 0 heterocycles. The molecule has 1 N–H and O–H groups in total. The van der Waals surface area contributed by atoms with Crippen LogP contribution >= 0.6 is 11.8 Å². The van der Waals surface area contributed by atoms with Gasteiger partial charge in [-0.05, 0) is 45.0 Å². The molecule has 0 bridgehead atoms. The number of carbonyl (C=O) groups excluding carboxylic acids is 1. The molecule has 0 radical (unpaired) electrons. The Bertz CT molecular complexity index is 424. The van der Waals surface area contributed by atoms with Gasteiger partial charge in [0.2, 0.25) is 0 Å². The molecule has 112 valence electrons. The van der Waals surface area contributed by atoms with Gasteiger partial charge in [-0.1, -0.05) is 0 Å². The Morgan fingerprint density at radius 3 is 2.35 bits per heavy atom. The molecule has 0 aliphatic heterocycles. The normalized spacial score (nSPS) is 11.1. The minimum Gasteiger partial charge on any atom is -0.449 e. The lowest BCUT2D eigenvalue weighted by Crippen LogP contribution is -2.41. The van der Waals surface area contributed by atoms with E-state index < -0.39 is 0 Å². The quantitative estimate of drug-likeness (QED) is 0.668. The molecule has 1 rings (SSSR count). The number of amides is 1. The zero-order valence-corrected chi connectivity index (χ0v) is 13.7. The molecular weight excluding hydrogens is 272 g/mol. The SMILES string of the molecule is CN(C)c1ccc(SCCOC(=O)NC(C)(C)C)cc1. The maximum absolute atomic E-state index is 11.4. The Morgan fingerprint density at radius 1 is 1.25 bits per heavy atom. The average molecular weight is 296 g/mol. The first-order valence-electron chi connectivity index (χ1n) is 6.63. The summed E-state index contributed by atoms with van der Waals surface area (Å²) in [6, 6.07) is 8.31. The Labute approximate surface area is 125 Å². The van der Waals surface area contributed by atoms with Gasteiger partial charge in [0, 0.05) is 36.0 Å². The van der Waals surface area contributed by atoms with Gasteiger partial charge in [-0.15, -0.1) is 11.8 Å². The Morgan fingerprint density at radius 2 is 1.85 bits per heavy atom. The number of hydrogen-bond donors (Lipinski definition) is 1. The second-order valence-electron chi connectivity index (χ2n) is 5.75. The zero-order valence-electron chi connectivity index (χ0n) is 12.9. The molecule has 0 unspecified atom stereocenters. The summed E-state index contributed by atoms with van der Waals surface area (Å²) in [4.78, 5) is 14.7. The van der Waals surface area contributed by atoms with E-state index in [4.69, 9.17) is 4.74 Å². The Hall–Kier alpha value is -1.36. The molecule has 0 spiro atoms. The summed E-state index contributed by atoms with van der Waals surface area (Å²) in [6.07, 6.45) is -0.360. The van der Waals surface area contributed by atoms with Gasteiger partial charge in [-0.2, -0.15) is 0 Å². The molecule has 5 heteroatoms. The van der Waals surface area contributed by atoms with Crippen LogP contribution in [0.25, 0.3) is 0 Å². The number of benzene rings is 1. The lowest BCUT2D eigenvalue weighted by Gasteiger charge is -2.19. The number of anilines is 1. The van der Waals surface area contributed by atoms with Crippen molar-refractivity contribution in [3.8, 4) is 0 Å². The van der Waals surface area contributed by atoms with Crippen LogP contribution in [0, 0.1) is 0 Å². The summed E-state index contributed by atoms with van der Waals surface area (Å²) in [6.45, 7) is 6.18. The predicted molar refractivity (Wildman–Crippen MR) is 85.7 cm³/mol. The van der Waals surface area contributed by atoms with Gasteiger partial charge in [0.1, 0.15) is 6.61 Å². The summed E-state index contributed by atoms with van der Waals surface area (Å²) in [5.74, 6) is 0.749. The third-order valence-corrected chi connectivity index (χ3v) is 3.39. The van der Waals surface area contributed by atoms with Crippen molar-refractivity contribution < 1.29 is 9.53 Å². The fourth-order valence-electron chi connectivity index (χ4n) is 1.48. The maximum Gasteiger partial charge on any atom is 0.407 e. The summed E-state index contributed by atoms with van der Waals surface area (Å²) in [5, 5.41) is 2.76. The van der Waals surface area contributed by atoms with E-state index in [1.165, 1.54) is 10.6 Å². The minimum atomic E-state index is -0.360. The van der Waals surface area contributed by atoms with E-state index in [0.29, 0.717) is 6.61 Å². The number of rotatable bonds is 5. The number of thioether (sulfide) groups is 1. The molecule has 1 aromatic carbocycles. The number of nitrogens with one attached hydrogen (secondary N) is 1. The minimum absolute atomic E-state index is 0.258. The predicted octanol–water partition coefficient (Wildman–Crippen LogP) is 3.37. The third-order valence-electron chi connectivity index (χ3n) is 2.42. The van der Waals surface area contributed by atoms with E-state index in [1.807, 2.05) is 34.9 Å². The molecule has 0 aliphatic carbocycles. The van der Waals surface area contributed by atoms with Crippen LogP contribution in [-0.2, 0) is 4.74 Å². The van der Waals surface area contributed by atoms with E-state index in [2.05, 4.69) is 34.5 Å². The fourth-order valence-corrected chi connectivity index (χ4v) is 2.21. The first kappa shape index (κ1) is 16.7. The van der Waals surface area contributed by atoms with Crippen LogP contribution in [0.5, 0.6) is 0 Å². The molecule has 20 heavy (non-hydrogen) atoms. The number of nitrogens with zero attached hydrogens (tertiary/aromatic N) is 1. The standard InChI is InChI=1S/C15H24N2O2S/c1-15(2,3)16-14(18)19-10-11-20-13-8-6-12(7-9-13)17(4)5/h6-9H,10-11H2,1-5H3,(H,16,18). The van der Waals surface area contributed by atoms with Gasteiger partial charge >= 0.3 is 6.09 Å². The number of carbonyl (C=O) groups is 1. The van der Waals surface area contributed by atoms with Crippen molar-refractivity contribution in [3.63, 3.8) is 0 Å². The average Bonchev–Trinajstić information content (AvgIpc) is 2.33. The highest BCUT2D eigenvalue weighted by Crippen LogP contribution is 2.21. The number of ether oxygens (including phenoxy) is 1. The van der Waals surface area contributed by atoms with Crippen LogP contribution in [-0.4, -0.2) is 38.1 Å². The lowest BCUT2D eigenvalue weighted by molar-refractivity contribution is 0.144. The van der Waals surface area contributed by atoms with E-state index in [0.717, 1.165) is 5.75 Å². The molecule has 0 saturated carbocycles. The monoisotopic (exact) mass is 296 g/mol. The van der Waals surface area contributed by atoms with Gasteiger partial charge in [-0.3, -0.25) is 0 Å². The van der Waals surface area contributed by atoms with E-state index in [9.17, 15) is 4.79 Å². The van der Waals surface area contributed by atoms with Crippen LogP contribution in [0.15, 0.2) is 29.2 Å². The van der Waals surface area contributed by atoms with Crippen LogP contribution in [0.3, 0.4) is 0 Å². The Balaban J connectivity index is 2.26. The van der Waals surface area contributed by atoms with Crippen molar-refractivity contribution in [3.05, 3.63) is 24.3 Å². The topological polar surface area (TPSA) is 41.6 Å². The maximum atomic E-state index is 11.4. The van der Waals surface area contributed by atoms with Gasteiger partial charge < -0.3 is 15.0 Å². The van der Waals surface area contributed by atoms with Gasteiger partial charge in [0.15, 0.2) is 0 Å². The molecule has 0 fully saturated rings. The molecule has 1 aromatic rings. The number of hydrogen-bond acceptors (Lipinski definition) is 4. The smallest absolute Gasteiger partial charge is 0.407 e. The molecular formula is C15H24N2O2S. The molecule has 0 atom stereocenters. The van der Waals surface area contributed by atoms with Gasteiger partial charge in [0.25, 0.3) is 0 Å². The summed E-state index contributed by atoms with van der Waals surface area (Å²) in [7, 11) is 4.04. The molecule has 0 saturated heterocycles. The van der Waals surface area contributed by atoms with E-state index >= 15 is 0 Å². The summed E-state index contributed by atoms with van der Waals surface area (Å²) in [5.41, 5.74) is 0.918. The second-order valence-corrected chi connectivity index (χ2v) is 6.92. The third kappa shape index (κ3) is 6.70. The second kappa shape index (κ2) is 7.43. The van der Waals surface area contributed by atoms with Crippen LogP contribution < -0.4 is 10.2 Å². The van der Waals surface area contributed by atoms with Crippen LogP contribution in [0.4, 0.5) is 10.5 Å².